The predicted octanol–water partition coefficient (Wildman–Crippen LogP) is 6.35. The van der Waals surface area contributed by atoms with E-state index < -0.39 is 9.89 Å². The summed E-state index contributed by atoms with van der Waals surface area (Å²) in [5.74, 6) is 0.496. The van der Waals surface area contributed by atoms with E-state index >= 15 is 0 Å². The average molecular weight is 534 g/mol. The summed E-state index contributed by atoms with van der Waals surface area (Å²) >= 11 is 16.9. The number of rotatable bonds is 6. The number of hydrogen-bond donors (Lipinski definition) is 2. The van der Waals surface area contributed by atoms with E-state index in [1.165, 1.54) is 6.20 Å². The Hall–Kier alpha value is -2.87. The van der Waals surface area contributed by atoms with Crippen LogP contribution in [0.15, 0.2) is 61.0 Å². The number of alkyl halides is 3. The van der Waals surface area contributed by atoms with Crippen LogP contribution in [-0.4, -0.2) is 32.4 Å². The molecule has 4 rings (SSSR count). The summed E-state index contributed by atoms with van der Waals surface area (Å²) < 4.78 is 3.22. The normalized spacial score (nSPS) is 17.5. The highest BCUT2D eigenvalue weighted by Gasteiger charge is 2.30. The Morgan fingerprint density at radius 1 is 1.17 bits per heavy atom. The van der Waals surface area contributed by atoms with Crippen LogP contribution in [0.3, 0.4) is 0 Å². The van der Waals surface area contributed by atoms with Gasteiger partial charge in [-0.2, -0.15) is 0 Å². The average Bonchev–Trinajstić information content (AvgIpc) is 3.65. The molecule has 0 radical (unpaired) electrons. The third kappa shape index (κ3) is 6.84. The quantitative estimate of drug-likeness (QED) is 0.422. The molecule has 2 aliphatic rings. The van der Waals surface area contributed by atoms with Gasteiger partial charge >= 0.3 is 6.09 Å². The van der Waals surface area contributed by atoms with Gasteiger partial charge in [-0.15, -0.1) is 0 Å². The number of aromatic nitrogens is 2. The highest BCUT2D eigenvalue weighted by Crippen LogP contribution is 2.36. The second kappa shape index (κ2) is 10.4. The van der Waals surface area contributed by atoms with Crippen LogP contribution in [0.25, 0.3) is 5.57 Å². The molecule has 2 heterocycles. The van der Waals surface area contributed by atoms with Crippen molar-refractivity contribution in [2.24, 2.45) is 5.92 Å². The van der Waals surface area contributed by atoms with Gasteiger partial charge in [0.25, 0.3) is 0 Å². The second-order valence-electron chi connectivity index (χ2n) is 8.42. The Bertz CT molecular complexity index is 1230. The number of halogens is 3. The van der Waals surface area contributed by atoms with Crippen LogP contribution >= 0.6 is 34.8 Å². The van der Waals surface area contributed by atoms with E-state index in [1.54, 1.807) is 12.3 Å². The first kappa shape index (κ1) is 25.2. The minimum Gasteiger partial charge on any atom is -0.445 e. The third-order valence-electron chi connectivity index (χ3n) is 5.58. The van der Waals surface area contributed by atoms with Gasteiger partial charge in [0.1, 0.15) is 12.4 Å². The molecule has 1 saturated carbocycles. The first-order valence-corrected chi connectivity index (χ1v) is 12.1. The molecule has 2 aliphatic carbocycles. The monoisotopic (exact) mass is 532 g/mol. The van der Waals surface area contributed by atoms with Crippen LogP contribution in [0.5, 0.6) is 0 Å². The van der Waals surface area contributed by atoms with Crippen molar-refractivity contribution in [3.05, 3.63) is 77.8 Å². The summed E-state index contributed by atoms with van der Waals surface area (Å²) in [5, 5.41) is 5.49. The van der Waals surface area contributed by atoms with E-state index in [9.17, 15) is 9.59 Å². The number of nitrogens with zero attached hydrogens (tertiary/aromatic N) is 2. The molecule has 35 heavy (non-hydrogen) atoms. The molecule has 1 unspecified atom stereocenters. The Balaban J connectivity index is 1.54. The lowest BCUT2D eigenvalue weighted by Gasteiger charge is -2.21. The van der Waals surface area contributed by atoms with E-state index in [0.29, 0.717) is 11.5 Å². The van der Waals surface area contributed by atoms with E-state index in [1.807, 2.05) is 31.2 Å². The lowest BCUT2D eigenvalue weighted by molar-refractivity contribution is -0.117. The molecule has 0 aliphatic heterocycles. The predicted molar refractivity (Wildman–Crippen MR) is 139 cm³/mol. The highest BCUT2D eigenvalue weighted by atomic mass is 35.6. The van der Waals surface area contributed by atoms with Crippen LogP contribution in [0, 0.1) is 12.8 Å². The summed E-state index contributed by atoms with van der Waals surface area (Å²) in [6.45, 7) is 5.68. The number of anilines is 2. The molecule has 10 heteroatoms. The SMILES string of the molecule is C=C1C=CC(c2cc(NC(=O)OCC(Cl)(Cl)Cl)cnc2C)=CC1c1ccnc(NC(=O)C2CC2)c1. The molecule has 0 bridgehead atoms. The molecular formula is C25H23Cl3N4O3. The van der Waals surface area contributed by atoms with Gasteiger partial charge in [0.15, 0.2) is 0 Å². The number of carbonyl (C=O) groups excluding carboxylic acids is 2. The van der Waals surface area contributed by atoms with Gasteiger partial charge in [-0.05, 0) is 54.7 Å². The Labute approximate surface area is 218 Å². The van der Waals surface area contributed by atoms with E-state index in [0.717, 1.165) is 40.8 Å². The highest BCUT2D eigenvalue weighted by molar-refractivity contribution is 6.67. The van der Waals surface area contributed by atoms with Crippen molar-refractivity contribution in [3.8, 4) is 0 Å². The largest absolute Gasteiger partial charge is 0.445 e. The van der Waals surface area contributed by atoms with E-state index in [-0.39, 0.29) is 24.3 Å². The van der Waals surface area contributed by atoms with Crippen LogP contribution in [-0.2, 0) is 9.53 Å². The zero-order chi connectivity index (χ0) is 25.2. The fraction of sp³-hybridized carbons (Fsp3) is 0.280. The van der Waals surface area contributed by atoms with Gasteiger partial charge < -0.3 is 10.1 Å². The van der Waals surface area contributed by atoms with Crippen LogP contribution in [0.4, 0.5) is 16.3 Å². The van der Waals surface area contributed by atoms with Gasteiger partial charge in [0, 0.05) is 29.3 Å². The fourth-order valence-electron chi connectivity index (χ4n) is 3.61. The number of hydrogen-bond acceptors (Lipinski definition) is 5. The van der Waals surface area contributed by atoms with Gasteiger partial charge in [-0.3, -0.25) is 15.1 Å². The zero-order valence-electron chi connectivity index (χ0n) is 18.9. The molecule has 1 atom stereocenters. The number of carbonyl (C=O) groups is 2. The van der Waals surface area contributed by atoms with Crippen LogP contribution < -0.4 is 10.6 Å². The minimum absolute atomic E-state index is 0.00613. The smallest absolute Gasteiger partial charge is 0.411 e. The molecule has 1 fully saturated rings. The van der Waals surface area contributed by atoms with Gasteiger partial charge in [0.05, 0.1) is 11.9 Å². The van der Waals surface area contributed by atoms with E-state index in [2.05, 4.69) is 33.3 Å². The van der Waals surface area contributed by atoms with Crippen molar-refractivity contribution in [3.63, 3.8) is 0 Å². The maximum absolute atomic E-state index is 12.1. The number of amides is 2. The molecule has 2 aromatic heterocycles. The molecule has 0 spiro atoms. The van der Waals surface area contributed by atoms with Gasteiger partial charge in [-0.25, -0.2) is 9.78 Å². The zero-order valence-corrected chi connectivity index (χ0v) is 21.1. The Kier molecular flexibility index (Phi) is 7.50. The number of ether oxygens (including phenoxy) is 1. The van der Waals surface area contributed by atoms with Gasteiger partial charge in [-0.1, -0.05) is 59.6 Å². The van der Waals surface area contributed by atoms with Crippen molar-refractivity contribution in [1.29, 1.82) is 0 Å². The third-order valence-corrected chi connectivity index (χ3v) is 5.90. The van der Waals surface area contributed by atoms with Crippen molar-refractivity contribution < 1.29 is 14.3 Å². The lowest BCUT2D eigenvalue weighted by Crippen LogP contribution is -2.21. The summed E-state index contributed by atoms with van der Waals surface area (Å²) in [7, 11) is 0. The number of pyridine rings is 2. The molecule has 2 amide bonds. The summed E-state index contributed by atoms with van der Waals surface area (Å²) in [6.07, 6.45) is 10.3. The van der Waals surface area contributed by atoms with Gasteiger partial charge in [0.2, 0.25) is 9.70 Å². The minimum atomic E-state index is -1.70. The van der Waals surface area contributed by atoms with E-state index in [4.69, 9.17) is 39.5 Å². The standard InChI is InChI=1S/C25H23Cl3N4O3/c1-14-3-4-17(9-20(14)18-7-8-29-22(10-18)32-23(33)16-5-6-16)21-11-19(12-30-15(21)2)31-24(34)35-13-25(26,27)28/h3-4,7-12,16,20H,1,5-6,13H2,2H3,(H,31,34)(H,29,32,33). The number of allylic oxidation sites excluding steroid dienone is 5. The molecule has 0 saturated heterocycles. The summed E-state index contributed by atoms with van der Waals surface area (Å²) in [5.41, 5.74) is 4.80. The molecule has 182 valence electrons. The molecular weight excluding hydrogens is 511 g/mol. The van der Waals surface area contributed by atoms with Crippen molar-refractivity contribution in [2.45, 2.75) is 29.5 Å². The lowest BCUT2D eigenvalue weighted by atomic mass is 9.84. The molecule has 0 aromatic carbocycles. The second-order valence-corrected chi connectivity index (χ2v) is 10.9. The summed E-state index contributed by atoms with van der Waals surface area (Å²) in [6, 6.07) is 5.57. The Morgan fingerprint density at radius 2 is 1.94 bits per heavy atom. The first-order valence-electron chi connectivity index (χ1n) is 10.9. The molecule has 2 N–H and O–H groups in total. The number of nitrogens with one attached hydrogen (secondary N) is 2. The fourth-order valence-corrected chi connectivity index (χ4v) is 3.77. The van der Waals surface area contributed by atoms with Crippen molar-refractivity contribution in [2.75, 3.05) is 17.2 Å². The Morgan fingerprint density at radius 3 is 2.66 bits per heavy atom. The number of aryl methyl sites for hydroxylation is 1. The topological polar surface area (TPSA) is 93.2 Å². The summed E-state index contributed by atoms with van der Waals surface area (Å²) in [4.78, 5) is 32.9. The van der Waals surface area contributed by atoms with Crippen LogP contribution in [0.2, 0.25) is 0 Å². The molecule has 7 nitrogen and oxygen atoms in total. The maximum atomic E-state index is 12.1. The van der Waals surface area contributed by atoms with Crippen molar-refractivity contribution in [1.82, 2.24) is 9.97 Å². The molecule has 2 aromatic rings. The first-order chi connectivity index (χ1) is 16.6. The van der Waals surface area contributed by atoms with Crippen molar-refractivity contribution >= 4 is 63.9 Å². The van der Waals surface area contributed by atoms with Crippen LogP contribution in [0.1, 0.15) is 35.6 Å². The maximum Gasteiger partial charge on any atom is 0.411 e.